The first-order chi connectivity index (χ1) is 7.99. The van der Waals surface area contributed by atoms with Crippen LogP contribution in [0.15, 0.2) is 24.3 Å². The van der Waals surface area contributed by atoms with E-state index in [0.717, 1.165) is 16.5 Å². The summed E-state index contributed by atoms with van der Waals surface area (Å²) >= 11 is 7.25. The van der Waals surface area contributed by atoms with E-state index < -0.39 is 17.7 Å². The highest BCUT2D eigenvalue weighted by Crippen LogP contribution is 2.33. The zero-order valence-electron chi connectivity index (χ0n) is 9.01. The molecule has 5 heteroatoms. The van der Waals surface area contributed by atoms with Crippen LogP contribution in [0, 0.1) is 18.6 Å². The van der Waals surface area contributed by atoms with Gasteiger partial charge in [0.25, 0.3) is 0 Å². The summed E-state index contributed by atoms with van der Waals surface area (Å²) in [6, 6.07) is 4.59. The Morgan fingerprint density at radius 2 is 2.00 bits per heavy atom. The number of benzene rings is 1. The number of hydrogen-bond donors (Lipinski definition) is 1. The normalized spacial score (nSPS) is 12.8. The summed E-state index contributed by atoms with van der Waals surface area (Å²) in [6.45, 7) is 1.86. The second-order valence-electron chi connectivity index (χ2n) is 3.75. The topological polar surface area (TPSA) is 26.0 Å². The van der Waals surface area contributed by atoms with E-state index >= 15 is 0 Å². The van der Waals surface area contributed by atoms with Gasteiger partial charge >= 0.3 is 0 Å². The molecule has 2 aromatic rings. The molecule has 0 radical (unpaired) electrons. The van der Waals surface area contributed by atoms with Crippen molar-refractivity contribution < 1.29 is 8.78 Å². The molecule has 1 unspecified atom stereocenters. The lowest BCUT2D eigenvalue weighted by atomic mass is 10.1. The smallest absolute Gasteiger partial charge is 0.131 e. The van der Waals surface area contributed by atoms with E-state index in [4.69, 9.17) is 17.3 Å². The van der Waals surface area contributed by atoms with Gasteiger partial charge in [-0.25, -0.2) is 8.78 Å². The SMILES string of the molecule is Cc1cc(C(N)c2ccc(F)cc2F)sc1Cl. The summed E-state index contributed by atoms with van der Waals surface area (Å²) in [5.74, 6) is -1.25. The van der Waals surface area contributed by atoms with E-state index in [1.165, 1.54) is 23.5 Å². The lowest BCUT2D eigenvalue weighted by molar-refractivity contribution is 0.566. The van der Waals surface area contributed by atoms with Crippen LogP contribution in [0.25, 0.3) is 0 Å². The Morgan fingerprint density at radius 3 is 2.53 bits per heavy atom. The third kappa shape index (κ3) is 2.49. The summed E-state index contributed by atoms with van der Waals surface area (Å²) < 4.78 is 27.0. The van der Waals surface area contributed by atoms with Crippen molar-refractivity contribution in [1.82, 2.24) is 0 Å². The number of rotatable bonds is 2. The maximum atomic E-state index is 13.5. The fraction of sp³-hybridized carbons (Fsp3) is 0.167. The summed E-state index contributed by atoms with van der Waals surface area (Å²) in [6.07, 6.45) is 0. The lowest BCUT2D eigenvalue weighted by Crippen LogP contribution is -2.12. The largest absolute Gasteiger partial charge is 0.320 e. The highest BCUT2D eigenvalue weighted by Gasteiger charge is 2.17. The lowest BCUT2D eigenvalue weighted by Gasteiger charge is -2.10. The Hall–Kier alpha value is -0.970. The van der Waals surface area contributed by atoms with Gasteiger partial charge in [-0.2, -0.15) is 0 Å². The minimum absolute atomic E-state index is 0.268. The van der Waals surface area contributed by atoms with Crippen LogP contribution in [-0.4, -0.2) is 0 Å². The first-order valence-corrected chi connectivity index (χ1v) is 6.15. The number of hydrogen-bond acceptors (Lipinski definition) is 2. The number of thiophene rings is 1. The predicted molar refractivity (Wildman–Crippen MR) is 66.5 cm³/mol. The molecular formula is C12H10ClF2NS. The van der Waals surface area contributed by atoms with Crippen molar-refractivity contribution in [2.75, 3.05) is 0 Å². The Balaban J connectivity index is 2.39. The minimum Gasteiger partial charge on any atom is -0.320 e. The predicted octanol–water partition coefficient (Wildman–Crippen LogP) is 4.04. The van der Waals surface area contributed by atoms with Gasteiger partial charge in [-0.15, -0.1) is 11.3 Å². The third-order valence-corrected chi connectivity index (χ3v) is 4.12. The molecule has 0 saturated heterocycles. The van der Waals surface area contributed by atoms with Crippen LogP contribution in [0.1, 0.15) is 22.0 Å². The molecule has 0 aliphatic rings. The quantitative estimate of drug-likeness (QED) is 0.878. The molecule has 0 amide bonds. The Morgan fingerprint density at radius 1 is 1.29 bits per heavy atom. The van der Waals surface area contributed by atoms with Crippen LogP contribution in [0.2, 0.25) is 4.34 Å². The molecule has 1 heterocycles. The first kappa shape index (κ1) is 12.5. The molecule has 17 heavy (non-hydrogen) atoms. The third-order valence-electron chi connectivity index (χ3n) is 2.48. The van der Waals surface area contributed by atoms with E-state index in [2.05, 4.69) is 0 Å². The van der Waals surface area contributed by atoms with E-state index in [9.17, 15) is 8.78 Å². The average Bonchev–Trinajstić information content (AvgIpc) is 2.58. The molecule has 0 saturated carbocycles. The molecule has 90 valence electrons. The first-order valence-electron chi connectivity index (χ1n) is 4.95. The van der Waals surface area contributed by atoms with Gasteiger partial charge in [-0.1, -0.05) is 17.7 Å². The van der Waals surface area contributed by atoms with Crippen LogP contribution < -0.4 is 5.73 Å². The molecule has 2 N–H and O–H groups in total. The van der Waals surface area contributed by atoms with Crippen LogP contribution in [0.3, 0.4) is 0 Å². The van der Waals surface area contributed by atoms with Gasteiger partial charge < -0.3 is 5.73 Å². The minimum atomic E-state index is -0.639. The molecule has 0 fully saturated rings. The number of nitrogens with two attached hydrogens (primary N) is 1. The van der Waals surface area contributed by atoms with E-state index in [-0.39, 0.29) is 5.56 Å². The number of halogens is 3. The summed E-state index contributed by atoms with van der Waals surface area (Å²) in [5.41, 5.74) is 7.11. The van der Waals surface area contributed by atoms with Crippen molar-refractivity contribution in [3.8, 4) is 0 Å². The Kier molecular flexibility index (Phi) is 3.47. The molecule has 2 rings (SSSR count). The summed E-state index contributed by atoms with van der Waals surface area (Å²) in [4.78, 5) is 0.762. The van der Waals surface area contributed by atoms with Gasteiger partial charge in [0.15, 0.2) is 0 Å². The van der Waals surface area contributed by atoms with Gasteiger partial charge in [0.05, 0.1) is 10.4 Å². The van der Waals surface area contributed by atoms with Gasteiger partial charge in [0, 0.05) is 16.5 Å². The molecule has 0 aliphatic heterocycles. The molecule has 1 nitrogen and oxygen atoms in total. The summed E-state index contributed by atoms with van der Waals surface area (Å²) in [5, 5.41) is 0. The van der Waals surface area contributed by atoms with E-state index in [1.54, 1.807) is 0 Å². The van der Waals surface area contributed by atoms with E-state index in [1.807, 2.05) is 13.0 Å². The molecule has 1 atom stereocenters. The monoisotopic (exact) mass is 273 g/mol. The van der Waals surface area contributed by atoms with Crippen molar-refractivity contribution in [2.45, 2.75) is 13.0 Å². The second-order valence-corrected chi connectivity index (χ2v) is 5.43. The van der Waals surface area contributed by atoms with Crippen LogP contribution in [-0.2, 0) is 0 Å². The van der Waals surface area contributed by atoms with Crippen LogP contribution >= 0.6 is 22.9 Å². The standard InChI is InChI=1S/C12H10ClF2NS/c1-6-4-10(17-12(6)13)11(16)8-3-2-7(14)5-9(8)15/h2-5,11H,16H2,1H3. The van der Waals surface area contributed by atoms with Gasteiger partial charge in [0.2, 0.25) is 0 Å². The van der Waals surface area contributed by atoms with Gasteiger partial charge in [-0.3, -0.25) is 0 Å². The zero-order valence-corrected chi connectivity index (χ0v) is 10.6. The highest BCUT2D eigenvalue weighted by molar-refractivity contribution is 7.16. The second kappa shape index (κ2) is 4.72. The fourth-order valence-electron chi connectivity index (χ4n) is 1.54. The van der Waals surface area contributed by atoms with Gasteiger partial charge in [0.1, 0.15) is 11.6 Å². The van der Waals surface area contributed by atoms with Crippen molar-refractivity contribution in [3.63, 3.8) is 0 Å². The van der Waals surface area contributed by atoms with E-state index in [0.29, 0.717) is 4.34 Å². The van der Waals surface area contributed by atoms with Gasteiger partial charge in [-0.05, 0) is 24.6 Å². The molecule has 0 bridgehead atoms. The molecular weight excluding hydrogens is 264 g/mol. The molecule has 0 spiro atoms. The van der Waals surface area contributed by atoms with Crippen molar-refractivity contribution in [1.29, 1.82) is 0 Å². The van der Waals surface area contributed by atoms with Crippen LogP contribution in [0.4, 0.5) is 8.78 Å². The molecule has 1 aromatic heterocycles. The molecule has 1 aromatic carbocycles. The molecule has 0 aliphatic carbocycles. The highest BCUT2D eigenvalue weighted by atomic mass is 35.5. The van der Waals surface area contributed by atoms with Crippen molar-refractivity contribution in [3.05, 3.63) is 56.2 Å². The fourth-order valence-corrected chi connectivity index (χ4v) is 2.78. The van der Waals surface area contributed by atoms with Crippen molar-refractivity contribution >= 4 is 22.9 Å². The van der Waals surface area contributed by atoms with Crippen molar-refractivity contribution in [2.24, 2.45) is 5.73 Å². The number of aryl methyl sites for hydroxylation is 1. The zero-order chi connectivity index (χ0) is 12.6. The summed E-state index contributed by atoms with van der Waals surface area (Å²) in [7, 11) is 0. The maximum Gasteiger partial charge on any atom is 0.131 e. The maximum absolute atomic E-state index is 13.5. The van der Waals surface area contributed by atoms with Crippen LogP contribution in [0.5, 0.6) is 0 Å². The Bertz CT molecular complexity index is 534. The Labute approximate surface area is 107 Å². The average molecular weight is 274 g/mol.